The van der Waals surface area contributed by atoms with Crippen molar-refractivity contribution in [2.75, 3.05) is 49.5 Å². The Kier molecular flexibility index (Phi) is 6.08. The first kappa shape index (κ1) is 17.9. The molecule has 132 valence electrons. The second-order valence-corrected chi connectivity index (χ2v) is 6.98. The van der Waals surface area contributed by atoms with Crippen molar-refractivity contribution in [1.82, 2.24) is 9.27 Å². The molecule has 1 aliphatic heterocycles. The van der Waals surface area contributed by atoms with E-state index in [2.05, 4.69) is 25.6 Å². The Labute approximate surface area is 155 Å². The molecule has 25 heavy (non-hydrogen) atoms. The highest BCUT2D eigenvalue weighted by Gasteiger charge is 2.19. The molecule has 0 spiro atoms. The Morgan fingerprint density at radius 1 is 1.28 bits per heavy atom. The van der Waals surface area contributed by atoms with E-state index in [9.17, 15) is 4.39 Å². The van der Waals surface area contributed by atoms with E-state index in [1.54, 1.807) is 6.07 Å². The molecular formula is C17H19ClFN5S. The molecule has 0 atom stereocenters. The Hall–Kier alpha value is -1.88. The zero-order valence-electron chi connectivity index (χ0n) is 13.7. The summed E-state index contributed by atoms with van der Waals surface area (Å²) in [6.07, 6.45) is 0.958. The molecule has 5 nitrogen and oxygen atoms in total. The maximum atomic E-state index is 13.8. The predicted octanol–water partition coefficient (Wildman–Crippen LogP) is 3.43. The van der Waals surface area contributed by atoms with Crippen LogP contribution in [0.15, 0.2) is 24.3 Å². The average molecular weight is 380 g/mol. The quantitative estimate of drug-likeness (QED) is 0.779. The van der Waals surface area contributed by atoms with Crippen molar-refractivity contribution < 1.29 is 4.39 Å². The molecule has 2 aromatic rings. The number of benzene rings is 1. The van der Waals surface area contributed by atoms with Crippen LogP contribution < -0.4 is 10.2 Å². The molecule has 1 aromatic carbocycles. The maximum absolute atomic E-state index is 13.8. The van der Waals surface area contributed by atoms with Crippen LogP contribution in [0.25, 0.3) is 0 Å². The lowest BCUT2D eigenvalue weighted by atomic mass is 10.2. The zero-order chi connectivity index (χ0) is 17.6. The van der Waals surface area contributed by atoms with Crippen LogP contribution in [0.3, 0.4) is 0 Å². The number of nitrogens with zero attached hydrogens (tertiary/aromatic N) is 4. The summed E-state index contributed by atoms with van der Waals surface area (Å²) < 4.78 is 17.8. The Balaban J connectivity index is 1.40. The fourth-order valence-corrected chi connectivity index (χ4v) is 3.87. The van der Waals surface area contributed by atoms with E-state index in [0.717, 1.165) is 50.7 Å². The average Bonchev–Trinajstić information content (AvgIpc) is 2.99. The number of rotatable bonds is 6. The molecule has 1 N–H and O–H groups in total. The van der Waals surface area contributed by atoms with Crippen LogP contribution in [0.1, 0.15) is 12.0 Å². The van der Waals surface area contributed by atoms with Gasteiger partial charge >= 0.3 is 0 Å². The van der Waals surface area contributed by atoms with E-state index in [1.807, 2.05) is 12.1 Å². The van der Waals surface area contributed by atoms with E-state index in [-0.39, 0.29) is 11.0 Å². The van der Waals surface area contributed by atoms with Crippen LogP contribution in [0.5, 0.6) is 0 Å². The lowest BCUT2D eigenvalue weighted by molar-refractivity contribution is 0.256. The van der Waals surface area contributed by atoms with Crippen molar-refractivity contribution in [1.29, 1.82) is 5.26 Å². The minimum absolute atomic E-state index is 0.156. The highest BCUT2D eigenvalue weighted by molar-refractivity contribution is 7.10. The van der Waals surface area contributed by atoms with Gasteiger partial charge in [0, 0.05) is 32.7 Å². The third-order valence-electron chi connectivity index (χ3n) is 4.26. The van der Waals surface area contributed by atoms with E-state index < -0.39 is 0 Å². The number of nitriles is 1. The van der Waals surface area contributed by atoms with Gasteiger partial charge in [-0.3, -0.25) is 4.90 Å². The van der Waals surface area contributed by atoms with Gasteiger partial charge in [-0.25, -0.2) is 4.39 Å². The molecule has 0 aliphatic carbocycles. The van der Waals surface area contributed by atoms with Gasteiger partial charge in [0.15, 0.2) is 5.15 Å². The van der Waals surface area contributed by atoms with Crippen molar-refractivity contribution >= 4 is 33.8 Å². The van der Waals surface area contributed by atoms with Gasteiger partial charge in [-0.2, -0.15) is 9.64 Å². The Bertz CT molecular complexity index is 752. The van der Waals surface area contributed by atoms with Crippen molar-refractivity contribution in [3.05, 3.63) is 40.8 Å². The highest BCUT2D eigenvalue weighted by atomic mass is 35.5. The van der Waals surface area contributed by atoms with Gasteiger partial charge in [0.05, 0.1) is 5.69 Å². The van der Waals surface area contributed by atoms with Crippen LogP contribution in [0.4, 0.5) is 15.1 Å². The number of anilines is 2. The molecule has 0 unspecified atom stereocenters. The standard InChI is InChI=1S/C17H19ClFN5S/c18-16-13(12-20)17(25-22-16)21-6-3-7-23-8-10-24(11-9-23)15-5-2-1-4-14(15)19/h1-2,4-5,21H,3,6-11H2. The van der Waals surface area contributed by atoms with Gasteiger partial charge in [-0.15, -0.1) is 0 Å². The first-order valence-electron chi connectivity index (χ1n) is 8.20. The topological polar surface area (TPSA) is 55.2 Å². The van der Waals surface area contributed by atoms with Crippen LogP contribution >= 0.6 is 23.1 Å². The molecule has 1 saturated heterocycles. The summed E-state index contributed by atoms with van der Waals surface area (Å²) in [5.41, 5.74) is 1.11. The monoisotopic (exact) mass is 379 g/mol. The number of aromatic nitrogens is 1. The summed E-state index contributed by atoms with van der Waals surface area (Å²) in [5, 5.41) is 13.3. The molecule has 1 aliphatic rings. The number of hydrogen-bond donors (Lipinski definition) is 1. The summed E-state index contributed by atoms with van der Waals surface area (Å²) >= 11 is 7.07. The second-order valence-electron chi connectivity index (χ2n) is 5.85. The highest BCUT2D eigenvalue weighted by Crippen LogP contribution is 2.27. The molecule has 1 fully saturated rings. The molecule has 0 bridgehead atoms. The zero-order valence-corrected chi connectivity index (χ0v) is 15.3. The predicted molar refractivity (Wildman–Crippen MR) is 100.0 cm³/mol. The lowest BCUT2D eigenvalue weighted by Crippen LogP contribution is -2.47. The lowest BCUT2D eigenvalue weighted by Gasteiger charge is -2.36. The minimum Gasteiger partial charge on any atom is -0.374 e. The van der Waals surface area contributed by atoms with Crippen molar-refractivity contribution in [3.63, 3.8) is 0 Å². The minimum atomic E-state index is -0.156. The molecule has 0 amide bonds. The Morgan fingerprint density at radius 3 is 2.76 bits per heavy atom. The summed E-state index contributed by atoms with van der Waals surface area (Å²) in [4.78, 5) is 4.48. The number of nitrogens with one attached hydrogen (secondary N) is 1. The Morgan fingerprint density at radius 2 is 2.04 bits per heavy atom. The van der Waals surface area contributed by atoms with E-state index >= 15 is 0 Å². The van der Waals surface area contributed by atoms with E-state index in [4.69, 9.17) is 16.9 Å². The molecule has 8 heteroatoms. The molecule has 3 rings (SSSR count). The van der Waals surface area contributed by atoms with Gasteiger partial charge in [-0.1, -0.05) is 23.7 Å². The number of halogens is 2. The largest absolute Gasteiger partial charge is 0.374 e. The van der Waals surface area contributed by atoms with Gasteiger partial charge in [0.25, 0.3) is 0 Å². The molecule has 0 saturated carbocycles. The van der Waals surface area contributed by atoms with E-state index in [0.29, 0.717) is 11.3 Å². The summed E-state index contributed by atoms with van der Waals surface area (Å²) in [6.45, 7) is 5.23. The number of piperazine rings is 1. The second kappa shape index (κ2) is 8.48. The molecule has 1 aromatic heterocycles. The van der Waals surface area contributed by atoms with Crippen molar-refractivity contribution in [3.8, 4) is 6.07 Å². The summed E-state index contributed by atoms with van der Waals surface area (Å²) in [5.74, 6) is -0.156. The summed E-state index contributed by atoms with van der Waals surface area (Å²) in [6, 6.07) is 9.00. The smallest absolute Gasteiger partial charge is 0.162 e. The SMILES string of the molecule is N#Cc1c(Cl)nsc1NCCCN1CCN(c2ccccc2F)CC1. The molecular weight excluding hydrogens is 361 g/mol. The third-order valence-corrected chi connectivity index (χ3v) is 5.44. The van der Waals surface area contributed by atoms with Gasteiger partial charge < -0.3 is 10.2 Å². The maximum Gasteiger partial charge on any atom is 0.162 e. The number of hydrogen-bond acceptors (Lipinski definition) is 6. The fourth-order valence-electron chi connectivity index (χ4n) is 2.91. The van der Waals surface area contributed by atoms with E-state index in [1.165, 1.54) is 17.6 Å². The third kappa shape index (κ3) is 4.40. The number of para-hydroxylation sites is 1. The van der Waals surface area contributed by atoms with Gasteiger partial charge in [-0.05, 0) is 36.6 Å². The van der Waals surface area contributed by atoms with Crippen molar-refractivity contribution in [2.45, 2.75) is 6.42 Å². The van der Waals surface area contributed by atoms with Crippen LogP contribution in [0.2, 0.25) is 5.15 Å². The normalized spacial score (nSPS) is 15.2. The van der Waals surface area contributed by atoms with Crippen LogP contribution in [-0.2, 0) is 0 Å². The van der Waals surface area contributed by atoms with Crippen LogP contribution in [-0.4, -0.2) is 48.5 Å². The van der Waals surface area contributed by atoms with Crippen LogP contribution in [0, 0.1) is 17.1 Å². The molecule has 2 heterocycles. The van der Waals surface area contributed by atoms with Gasteiger partial charge in [0.2, 0.25) is 0 Å². The molecule has 0 radical (unpaired) electrons. The fraction of sp³-hybridized carbons (Fsp3) is 0.412. The summed E-state index contributed by atoms with van der Waals surface area (Å²) in [7, 11) is 0. The van der Waals surface area contributed by atoms with Gasteiger partial charge in [0.1, 0.15) is 22.5 Å². The van der Waals surface area contributed by atoms with Crippen molar-refractivity contribution in [2.24, 2.45) is 0 Å². The first-order chi connectivity index (χ1) is 12.2. The first-order valence-corrected chi connectivity index (χ1v) is 9.35.